The number of likely N-dealkylation sites (tertiary alicyclic amines) is 1. The van der Waals surface area contributed by atoms with E-state index in [0.717, 1.165) is 19.6 Å². The molecule has 6 nitrogen and oxygen atoms in total. The lowest BCUT2D eigenvalue weighted by molar-refractivity contribution is 0.0523. The summed E-state index contributed by atoms with van der Waals surface area (Å²) >= 11 is 3.37. The van der Waals surface area contributed by atoms with Gasteiger partial charge < -0.3 is 14.2 Å². The molecule has 0 spiro atoms. The van der Waals surface area contributed by atoms with Crippen LogP contribution >= 0.6 is 15.9 Å². The van der Waals surface area contributed by atoms with E-state index in [4.69, 9.17) is 4.74 Å². The van der Waals surface area contributed by atoms with Gasteiger partial charge in [-0.15, -0.1) is 0 Å². The maximum Gasteiger partial charge on any atom is 0.343 e. The zero-order chi connectivity index (χ0) is 18.9. The Morgan fingerprint density at radius 2 is 2.04 bits per heavy atom. The first-order valence-electron chi connectivity index (χ1n) is 8.94. The van der Waals surface area contributed by atoms with Crippen LogP contribution in [-0.4, -0.2) is 46.7 Å². The average Bonchev–Trinajstić information content (AvgIpc) is 3.07. The summed E-state index contributed by atoms with van der Waals surface area (Å²) in [6, 6.07) is 1.72. The monoisotopic (exact) mass is 421 g/mol. The molecule has 1 aliphatic rings. The summed E-state index contributed by atoms with van der Waals surface area (Å²) < 4.78 is 7.74. The molecular weight excluding hydrogens is 398 g/mol. The third-order valence-corrected chi connectivity index (χ3v) is 5.20. The number of rotatable bonds is 5. The molecule has 0 N–H and O–H groups in total. The second kappa shape index (κ2) is 7.48. The molecule has 3 heterocycles. The van der Waals surface area contributed by atoms with Gasteiger partial charge in [0.1, 0.15) is 11.2 Å². The van der Waals surface area contributed by atoms with Gasteiger partial charge in [-0.3, -0.25) is 4.79 Å². The summed E-state index contributed by atoms with van der Waals surface area (Å²) in [5, 5.41) is 0.416. The molecule has 2 aromatic heterocycles. The van der Waals surface area contributed by atoms with Crippen LogP contribution in [0.4, 0.5) is 0 Å². The Morgan fingerprint density at radius 3 is 2.69 bits per heavy atom. The minimum Gasteiger partial charge on any atom is -0.462 e. The van der Waals surface area contributed by atoms with E-state index < -0.39 is 5.97 Å². The van der Waals surface area contributed by atoms with Gasteiger partial charge in [-0.05, 0) is 68.7 Å². The van der Waals surface area contributed by atoms with Crippen LogP contribution in [0.25, 0.3) is 11.0 Å². The molecule has 0 bridgehead atoms. The summed E-state index contributed by atoms with van der Waals surface area (Å²) in [5.74, 6) is -0.593. The minimum atomic E-state index is -0.593. The highest BCUT2D eigenvalue weighted by Crippen LogP contribution is 2.25. The number of halogens is 1. The van der Waals surface area contributed by atoms with Gasteiger partial charge in [0, 0.05) is 23.4 Å². The van der Waals surface area contributed by atoms with E-state index in [1.807, 2.05) is 4.57 Å². The first kappa shape index (κ1) is 19.0. The van der Waals surface area contributed by atoms with Crippen LogP contribution in [0.3, 0.4) is 0 Å². The Labute approximate surface area is 161 Å². The van der Waals surface area contributed by atoms with Crippen molar-refractivity contribution >= 4 is 32.9 Å². The van der Waals surface area contributed by atoms with Gasteiger partial charge in [0.05, 0.1) is 17.5 Å². The molecule has 3 rings (SSSR count). The number of pyridine rings is 2. The standard InChI is InChI=1S/C19H24BrN3O3/c1-4-26-18(25)15-11-23(19(2,3)12-22-7-5-6-8-22)17-14(16(15)24)9-13(20)10-21-17/h9-11H,4-8,12H2,1-3H3. The summed E-state index contributed by atoms with van der Waals surface area (Å²) in [6.07, 6.45) is 5.70. The second-order valence-corrected chi connectivity index (χ2v) is 8.20. The van der Waals surface area contributed by atoms with E-state index in [-0.39, 0.29) is 23.1 Å². The minimum absolute atomic E-state index is 0.0498. The second-order valence-electron chi connectivity index (χ2n) is 7.28. The zero-order valence-electron chi connectivity index (χ0n) is 15.4. The number of carbonyl (C=O) groups excluding carboxylic acids is 1. The first-order chi connectivity index (χ1) is 12.3. The Morgan fingerprint density at radius 1 is 1.35 bits per heavy atom. The molecule has 0 amide bonds. The van der Waals surface area contributed by atoms with Crippen molar-refractivity contribution in [1.29, 1.82) is 0 Å². The van der Waals surface area contributed by atoms with Crippen molar-refractivity contribution in [1.82, 2.24) is 14.5 Å². The third-order valence-electron chi connectivity index (χ3n) is 4.77. The predicted molar refractivity (Wildman–Crippen MR) is 105 cm³/mol. The van der Waals surface area contributed by atoms with Crippen LogP contribution in [0.15, 0.2) is 27.7 Å². The normalized spacial score (nSPS) is 15.5. The number of nitrogens with zero attached hydrogens (tertiary/aromatic N) is 3. The van der Waals surface area contributed by atoms with Crippen molar-refractivity contribution in [2.45, 2.75) is 39.2 Å². The molecule has 0 saturated carbocycles. The smallest absolute Gasteiger partial charge is 0.343 e. The number of esters is 1. The molecule has 0 aliphatic carbocycles. The molecule has 140 valence electrons. The van der Waals surface area contributed by atoms with E-state index in [1.165, 1.54) is 12.8 Å². The predicted octanol–water partition coefficient (Wildman–Crippen LogP) is 3.17. The Kier molecular flexibility index (Phi) is 5.48. The van der Waals surface area contributed by atoms with Crippen molar-refractivity contribution in [2.24, 2.45) is 0 Å². The lowest BCUT2D eigenvalue weighted by Gasteiger charge is -2.33. The first-order valence-corrected chi connectivity index (χ1v) is 9.73. The molecule has 0 unspecified atom stereocenters. The fourth-order valence-corrected chi connectivity index (χ4v) is 3.90. The van der Waals surface area contributed by atoms with Crippen molar-refractivity contribution in [2.75, 3.05) is 26.2 Å². The van der Waals surface area contributed by atoms with Crippen LogP contribution in [-0.2, 0) is 10.3 Å². The molecule has 26 heavy (non-hydrogen) atoms. The lowest BCUT2D eigenvalue weighted by Crippen LogP contribution is -2.41. The fourth-order valence-electron chi connectivity index (χ4n) is 3.56. The van der Waals surface area contributed by atoms with Gasteiger partial charge in [-0.1, -0.05) is 0 Å². The van der Waals surface area contributed by atoms with Crippen LogP contribution < -0.4 is 5.43 Å². The maximum atomic E-state index is 12.8. The topological polar surface area (TPSA) is 64.4 Å². The molecular formula is C19H24BrN3O3. The Hall–Kier alpha value is -1.73. The van der Waals surface area contributed by atoms with Gasteiger partial charge in [-0.25, -0.2) is 9.78 Å². The van der Waals surface area contributed by atoms with E-state index in [1.54, 1.807) is 25.4 Å². The maximum absolute atomic E-state index is 12.8. The van der Waals surface area contributed by atoms with Gasteiger partial charge in [0.25, 0.3) is 0 Å². The molecule has 1 aliphatic heterocycles. The summed E-state index contributed by atoms with van der Waals surface area (Å²) in [5.41, 5.74) is -0.0529. The molecule has 7 heteroatoms. The van der Waals surface area contributed by atoms with Crippen molar-refractivity contribution in [3.63, 3.8) is 0 Å². The highest BCUT2D eigenvalue weighted by molar-refractivity contribution is 9.10. The zero-order valence-corrected chi connectivity index (χ0v) is 17.0. The molecule has 0 aromatic carbocycles. The molecule has 1 fully saturated rings. The largest absolute Gasteiger partial charge is 0.462 e. The van der Waals surface area contributed by atoms with Crippen molar-refractivity contribution in [3.05, 3.63) is 38.7 Å². The van der Waals surface area contributed by atoms with E-state index in [2.05, 4.69) is 39.7 Å². The van der Waals surface area contributed by atoms with Crippen LogP contribution in [0.1, 0.15) is 44.0 Å². The SMILES string of the molecule is CCOC(=O)c1cn(C(C)(C)CN2CCCC2)c2ncc(Br)cc2c1=O. The quantitative estimate of drug-likeness (QED) is 0.693. The lowest BCUT2D eigenvalue weighted by atomic mass is 10.0. The summed E-state index contributed by atoms with van der Waals surface area (Å²) in [7, 11) is 0. The van der Waals surface area contributed by atoms with E-state index >= 15 is 0 Å². The number of hydrogen-bond donors (Lipinski definition) is 0. The van der Waals surface area contributed by atoms with Gasteiger partial charge in [0.15, 0.2) is 0 Å². The summed E-state index contributed by atoms with van der Waals surface area (Å²) in [6.45, 7) is 9.14. The number of ether oxygens (including phenoxy) is 1. The van der Waals surface area contributed by atoms with E-state index in [9.17, 15) is 9.59 Å². The average molecular weight is 422 g/mol. The number of aromatic nitrogens is 2. The van der Waals surface area contributed by atoms with Gasteiger partial charge in [0.2, 0.25) is 5.43 Å². The number of hydrogen-bond acceptors (Lipinski definition) is 5. The molecule has 1 saturated heterocycles. The fraction of sp³-hybridized carbons (Fsp3) is 0.526. The third kappa shape index (κ3) is 3.69. The number of fused-ring (bicyclic) bond motifs is 1. The number of carbonyl (C=O) groups is 1. The van der Waals surface area contributed by atoms with Gasteiger partial charge in [-0.2, -0.15) is 0 Å². The van der Waals surface area contributed by atoms with Crippen molar-refractivity contribution in [3.8, 4) is 0 Å². The Balaban J connectivity index is 2.17. The molecule has 0 radical (unpaired) electrons. The van der Waals surface area contributed by atoms with Crippen molar-refractivity contribution < 1.29 is 9.53 Å². The Bertz CT molecular complexity index is 885. The molecule has 0 atom stereocenters. The van der Waals surface area contributed by atoms with Crippen LogP contribution in [0.5, 0.6) is 0 Å². The van der Waals surface area contributed by atoms with E-state index in [0.29, 0.717) is 15.5 Å². The summed E-state index contributed by atoms with van der Waals surface area (Å²) in [4.78, 5) is 32.1. The van der Waals surface area contributed by atoms with Crippen LogP contribution in [0, 0.1) is 0 Å². The highest BCUT2D eigenvalue weighted by Gasteiger charge is 2.29. The van der Waals surface area contributed by atoms with Crippen LogP contribution in [0.2, 0.25) is 0 Å². The highest BCUT2D eigenvalue weighted by atomic mass is 79.9. The van der Waals surface area contributed by atoms with Gasteiger partial charge >= 0.3 is 5.97 Å². The molecule has 2 aromatic rings.